The molecule has 3 fully saturated rings. The fourth-order valence-corrected chi connectivity index (χ4v) is 6.46. The van der Waals surface area contributed by atoms with E-state index in [1.165, 1.54) is 24.3 Å². The molecule has 33 heavy (non-hydrogen) atoms. The highest BCUT2D eigenvalue weighted by Gasteiger charge is 2.50. The molecule has 5 rings (SSSR count). The summed E-state index contributed by atoms with van der Waals surface area (Å²) in [5.74, 6) is -0.269. The molecule has 1 spiro atoms. The average Bonchev–Trinajstić information content (AvgIpc) is 3.32. The molecule has 2 aliphatic heterocycles. The van der Waals surface area contributed by atoms with Crippen LogP contribution in [0.15, 0.2) is 48.5 Å². The van der Waals surface area contributed by atoms with Crippen LogP contribution in [0.3, 0.4) is 0 Å². The van der Waals surface area contributed by atoms with Crippen LogP contribution in [0.1, 0.15) is 62.0 Å². The molecule has 174 valence electrons. The summed E-state index contributed by atoms with van der Waals surface area (Å²) < 4.78 is 27.0. The van der Waals surface area contributed by atoms with Crippen molar-refractivity contribution in [3.8, 4) is 0 Å². The number of carbonyl (C=O) groups is 2. The average molecular weight is 453 g/mol. The molecule has 0 unspecified atom stereocenters. The fourth-order valence-electron chi connectivity index (χ4n) is 6.46. The van der Waals surface area contributed by atoms with Gasteiger partial charge in [0.1, 0.15) is 11.6 Å². The van der Waals surface area contributed by atoms with E-state index in [0.29, 0.717) is 26.1 Å². The van der Waals surface area contributed by atoms with Crippen molar-refractivity contribution in [3.05, 3.63) is 71.3 Å². The van der Waals surface area contributed by atoms with Gasteiger partial charge in [0.15, 0.2) is 0 Å². The zero-order valence-electron chi connectivity index (χ0n) is 18.8. The van der Waals surface area contributed by atoms with Crippen LogP contribution in [0, 0.1) is 17.0 Å². The minimum Gasteiger partial charge on any atom is -0.355 e. The highest BCUT2D eigenvalue weighted by molar-refractivity contribution is 5.89. The van der Waals surface area contributed by atoms with E-state index in [1.54, 1.807) is 12.1 Å². The molecule has 1 atom stereocenters. The molecule has 4 nitrogen and oxygen atoms in total. The molecular formula is C27H30F2N2O2. The van der Waals surface area contributed by atoms with Crippen LogP contribution in [-0.4, -0.2) is 36.3 Å². The van der Waals surface area contributed by atoms with Gasteiger partial charge in [0.25, 0.3) is 0 Å². The molecule has 2 aromatic carbocycles. The van der Waals surface area contributed by atoms with E-state index in [-0.39, 0.29) is 34.8 Å². The van der Waals surface area contributed by atoms with Gasteiger partial charge in [-0.15, -0.1) is 0 Å². The first-order chi connectivity index (χ1) is 15.9. The van der Waals surface area contributed by atoms with Crippen molar-refractivity contribution in [1.82, 2.24) is 10.2 Å². The summed E-state index contributed by atoms with van der Waals surface area (Å²) in [4.78, 5) is 28.2. The van der Waals surface area contributed by atoms with E-state index in [4.69, 9.17) is 0 Å². The molecule has 3 aliphatic rings. The molecular weight excluding hydrogens is 422 g/mol. The summed E-state index contributed by atoms with van der Waals surface area (Å²) in [6.45, 7) is 1.75. The van der Waals surface area contributed by atoms with E-state index >= 15 is 0 Å². The van der Waals surface area contributed by atoms with Crippen molar-refractivity contribution in [3.63, 3.8) is 0 Å². The highest BCUT2D eigenvalue weighted by atomic mass is 19.1. The molecule has 1 saturated carbocycles. The molecule has 0 bridgehead atoms. The second-order valence-electron chi connectivity index (χ2n) is 10.0. The van der Waals surface area contributed by atoms with Gasteiger partial charge in [0.05, 0.1) is 5.41 Å². The standard InChI is InChI=1S/C27H30F2N2O2/c28-21-7-3-19(4-8-21)23-18-30-24(32)17-26(23)13-15-31(16-14-26)25(33)27(11-1-2-12-27)20-5-9-22(29)10-6-20/h3-10,23H,1-2,11-18H2,(H,30,32)/t23-/m1/s1. The molecule has 2 saturated heterocycles. The monoisotopic (exact) mass is 452 g/mol. The topological polar surface area (TPSA) is 49.4 Å². The maximum atomic E-state index is 13.8. The first-order valence-corrected chi connectivity index (χ1v) is 12.0. The predicted octanol–water partition coefficient (Wildman–Crippen LogP) is 4.69. The first kappa shape index (κ1) is 22.1. The van der Waals surface area contributed by atoms with Crippen LogP contribution < -0.4 is 5.32 Å². The number of amides is 2. The molecule has 1 aliphatic carbocycles. The lowest BCUT2D eigenvalue weighted by Crippen LogP contribution is -2.55. The van der Waals surface area contributed by atoms with E-state index < -0.39 is 5.41 Å². The summed E-state index contributed by atoms with van der Waals surface area (Å²) in [6.07, 6.45) is 5.49. The Balaban J connectivity index is 1.37. The Bertz CT molecular complexity index is 1020. The van der Waals surface area contributed by atoms with Crippen LogP contribution in [0.2, 0.25) is 0 Å². The summed E-state index contributed by atoms with van der Waals surface area (Å²) in [6, 6.07) is 13.0. The van der Waals surface area contributed by atoms with E-state index in [9.17, 15) is 18.4 Å². The Kier molecular flexibility index (Phi) is 5.71. The zero-order chi connectivity index (χ0) is 23.1. The van der Waals surface area contributed by atoms with Crippen LogP contribution >= 0.6 is 0 Å². The lowest BCUT2D eigenvalue weighted by Gasteiger charge is -2.50. The lowest BCUT2D eigenvalue weighted by molar-refractivity contribution is -0.141. The largest absolute Gasteiger partial charge is 0.355 e. The molecule has 6 heteroatoms. The van der Waals surface area contributed by atoms with E-state index in [0.717, 1.165) is 49.7 Å². The highest BCUT2D eigenvalue weighted by Crippen LogP contribution is 2.50. The van der Waals surface area contributed by atoms with Crippen molar-refractivity contribution in [2.75, 3.05) is 19.6 Å². The number of halogens is 2. The number of nitrogens with zero attached hydrogens (tertiary/aromatic N) is 1. The van der Waals surface area contributed by atoms with Crippen LogP contribution in [0.25, 0.3) is 0 Å². The summed E-state index contributed by atoms with van der Waals surface area (Å²) >= 11 is 0. The number of hydrogen-bond acceptors (Lipinski definition) is 2. The van der Waals surface area contributed by atoms with Gasteiger partial charge >= 0.3 is 0 Å². The maximum Gasteiger partial charge on any atom is 0.233 e. The van der Waals surface area contributed by atoms with Crippen LogP contribution in [0.4, 0.5) is 8.78 Å². The van der Waals surface area contributed by atoms with Gasteiger partial charge < -0.3 is 10.2 Å². The van der Waals surface area contributed by atoms with Crippen molar-refractivity contribution >= 4 is 11.8 Å². The Labute approximate surface area is 193 Å². The number of likely N-dealkylation sites (tertiary alicyclic amines) is 1. The molecule has 0 aromatic heterocycles. The number of piperidine rings is 2. The molecule has 2 amide bonds. The van der Waals surface area contributed by atoms with Gasteiger partial charge in [-0.3, -0.25) is 9.59 Å². The van der Waals surface area contributed by atoms with Gasteiger partial charge in [-0.2, -0.15) is 0 Å². The third-order valence-electron chi connectivity index (χ3n) is 8.34. The molecule has 0 radical (unpaired) electrons. The van der Waals surface area contributed by atoms with E-state index in [2.05, 4.69) is 5.32 Å². The minimum absolute atomic E-state index is 0.0479. The van der Waals surface area contributed by atoms with Crippen LogP contribution in [0.5, 0.6) is 0 Å². The maximum absolute atomic E-state index is 13.8. The summed E-state index contributed by atoms with van der Waals surface area (Å²) in [5.41, 5.74) is 1.15. The molecule has 1 N–H and O–H groups in total. The first-order valence-electron chi connectivity index (χ1n) is 12.0. The van der Waals surface area contributed by atoms with Crippen molar-refractivity contribution in [2.24, 2.45) is 5.41 Å². The zero-order valence-corrected chi connectivity index (χ0v) is 18.8. The third-order valence-corrected chi connectivity index (χ3v) is 8.34. The fraction of sp³-hybridized carbons (Fsp3) is 0.481. The van der Waals surface area contributed by atoms with Gasteiger partial charge in [-0.25, -0.2) is 8.78 Å². The molecule has 2 heterocycles. The minimum atomic E-state index is -0.571. The lowest BCUT2D eigenvalue weighted by atomic mass is 9.62. The van der Waals surface area contributed by atoms with E-state index in [1.807, 2.05) is 17.0 Å². The third kappa shape index (κ3) is 3.94. The van der Waals surface area contributed by atoms with Gasteiger partial charge in [0, 0.05) is 32.0 Å². The normalized spacial score (nSPS) is 24.0. The smallest absolute Gasteiger partial charge is 0.233 e. The molecule has 2 aromatic rings. The number of carbonyl (C=O) groups excluding carboxylic acids is 2. The quantitative estimate of drug-likeness (QED) is 0.735. The Morgan fingerprint density at radius 3 is 2.06 bits per heavy atom. The van der Waals surface area contributed by atoms with Gasteiger partial charge in [0.2, 0.25) is 11.8 Å². The SMILES string of the molecule is O=C1CC2(CCN(C(=O)C3(c4ccc(F)cc4)CCCC3)CC2)[C@@H](c2ccc(F)cc2)CN1. The number of nitrogens with one attached hydrogen (secondary N) is 1. The second-order valence-corrected chi connectivity index (χ2v) is 10.0. The second kappa shape index (κ2) is 8.54. The van der Waals surface area contributed by atoms with Crippen molar-refractivity contribution in [1.29, 1.82) is 0 Å². The summed E-state index contributed by atoms with van der Waals surface area (Å²) in [7, 11) is 0. The summed E-state index contributed by atoms with van der Waals surface area (Å²) in [5, 5.41) is 2.98. The Morgan fingerprint density at radius 2 is 1.45 bits per heavy atom. The Hall–Kier alpha value is -2.76. The van der Waals surface area contributed by atoms with Crippen molar-refractivity contribution in [2.45, 2.75) is 56.3 Å². The predicted molar refractivity (Wildman–Crippen MR) is 122 cm³/mol. The van der Waals surface area contributed by atoms with Crippen LogP contribution in [-0.2, 0) is 15.0 Å². The number of rotatable bonds is 3. The number of hydrogen-bond donors (Lipinski definition) is 1. The van der Waals surface area contributed by atoms with Gasteiger partial charge in [-0.05, 0) is 66.5 Å². The van der Waals surface area contributed by atoms with Crippen molar-refractivity contribution < 1.29 is 18.4 Å². The number of benzene rings is 2. The van der Waals surface area contributed by atoms with Gasteiger partial charge in [-0.1, -0.05) is 37.1 Å². The Morgan fingerprint density at radius 1 is 0.879 bits per heavy atom.